The van der Waals surface area contributed by atoms with Crippen LogP contribution in [0.3, 0.4) is 0 Å². The molecule has 1 aromatic rings. The molecule has 0 unspecified atom stereocenters. The maximum Gasteiger partial charge on any atom is 0.155 e. The zero-order valence-corrected chi connectivity index (χ0v) is 11.4. The third kappa shape index (κ3) is 3.29. The molecule has 1 heterocycles. The van der Waals surface area contributed by atoms with Crippen molar-refractivity contribution in [2.45, 2.75) is 26.8 Å². The molecule has 0 saturated heterocycles. The number of carbonyl (C=O) groups is 1. The molecule has 1 rings (SSSR count). The van der Waals surface area contributed by atoms with Gasteiger partial charge in [-0.3, -0.25) is 9.48 Å². The van der Waals surface area contributed by atoms with Crippen LogP contribution in [0.2, 0.25) is 5.15 Å². The lowest BCUT2D eigenvalue weighted by atomic mass is 10.2. The van der Waals surface area contributed by atoms with Gasteiger partial charge >= 0.3 is 0 Å². The number of aromatic nitrogens is 2. The van der Waals surface area contributed by atoms with Gasteiger partial charge in [-0.05, 0) is 6.42 Å². The van der Waals surface area contributed by atoms with E-state index in [0.29, 0.717) is 24.0 Å². The summed E-state index contributed by atoms with van der Waals surface area (Å²) in [6.07, 6.45) is 1.24. The highest BCUT2D eigenvalue weighted by Crippen LogP contribution is 2.18. The average molecular weight is 279 g/mol. The van der Waals surface area contributed by atoms with E-state index in [4.69, 9.17) is 11.6 Å². The number of nitrogens with zero attached hydrogens (tertiary/aromatic N) is 2. The van der Waals surface area contributed by atoms with Gasteiger partial charge in [0, 0.05) is 5.75 Å². The minimum absolute atomic E-state index is 0.0215. The summed E-state index contributed by atoms with van der Waals surface area (Å²) in [6, 6.07) is 0. The van der Waals surface area contributed by atoms with Crippen molar-refractivity contribution < 1.29 is 13.2 Å². The molecule has 0 atom stereocenters. The van der Waals surface area contributed by atoms with Crippen molar-refractivity contribution in [1.82, 2.24) is 9.78 Å². The largest absolute Gasteiger partial charge is 0.298 e. The summed E-state index contributed by atoms with van der Waals surface area (Å²) in [5.74, 6) is 0.0689. The van der Waals surface area contributed by atoms with Crippen molar-refractivity contribution in [3.63, 3.8) is 0 Å². The second-order valence-electron chi connectivity index (χ2n) is 3.58. The van der Waals surface area contributed by atoms with E-state index in [1.165, 1.54) is 4.68 Å². The number of hydrogen-bond donors (Lipinski definition) is 0. The Hall–Kier alpha value is -0.880. The Kier molecular flexibility index (Phi) is 4.70. The molecule has 1 aromatic heterocycles. The van der Waals surface area contributed by atoms with Gasteiger partial charge in [-0.2, -0.15) is 5.10 Å². The van der Waals surface area contributed by atoms with E-state index >= 15 is 0 Å². The van der Waals surface area contributed by atoms with E-state index in [1.807, 2.05) is 6.92 Å². The standard InChI is InChI=1S/C10H15ClN2O3S/c1-3-9-8(7-14)10(11)13(12-9)5-6-17(15,16)4-2/h7H,3-6H2,1-2H3. The molecule has 0 N–H and O–H groups in total. The molecule has 0 aromatic carbocycles. The fourth-order valence-corrected chi connectivity index (χ4v) is 2.41. The monoisotopic (exact) mass is 278 g/mol. The first-order valence-corrected chi connectivity index (χ1v) is 7.55. The molecule has 0 bridgehead atoms. The van der Waals surface area contributed by atoms with E-state index in [-0.39, 0.29) is 23.2 Å². The minimum Gasteiger partial charge on any atom is -0.298 e. The average Bonchev–Trinajstić information content (AvgIpc) is 2.62. The number of hydrogen-bond acceptors (Lipinski definition) is 4. The van der Waals surface area contributed by atoms with Crippen molar-refractivity contribution in [2.24, 2.45) is 0 Å². The molecule has 0 amide bonds. The molecule has 96 valence electrons. The number of carbonyl (C=O) groups excluding carboxylic acids is 1. The quantitative estimate of drug-likeness (QED) is 0.737. The number of halogens is 1. The van der Waals surface area contributed by atoms with Crippen LogP contribution in [0.5, 0.6) is 0 Å². The normalized spacial score (nSPS) is 11.7. The van der Waals surface area contributed by atoms with Crippen LogP contribution in [-0.2, 0) is 22.8 Å². The first kappa shape index (κ1) is 14.2. The second-order valence-corrected chi connectivity index (χ2v) is 6.41. The number of rotatable bonds is 6. The third-order valence-electron chi connectivity index (χ3n) is 2.51. The molecule has 0 aliphatic carbocycles. The Balaban J connectivity index is 2.93. The highest BCUT2D eigenvalue weighted by Gasteiger charge is 2.16. The van der Waals surface area contributed by atoms with Gasteiger partial charge in [0.05, 0.1) is 23.6 Å². The Bertz CT molecular complexity index is 508. The SMILES string of the molecule is CCc1nn(CCS(=O)(=O)CC)c(Cl)c1C=O. The predicted octanol–water partition coefficient (Wildman–Crippen LogP) is 1.35. The number of aryl methyl sites for hydroxylation is 2. The minimum atomic E-state index is -3.06. The van der Waals surface area contributed by atoms with Crippen LogP contribution >= 0.6 is 11.6 Å². The molecule has 7 heteroatoms. The number of aldehydes is 1. The first-order valence-electron chi connectivity index (χ1n) is 5.36. The zero-order chi connectivity index (χ0) is 13.1. The van der Waals surface area contributed by atoms with E-state index in [9.17, 15) is 13.2 Å². The molecule has 0 fully saturated rings. The van der Waals surface area contributed by atoms with E-state index < -0.39 is 9.84 Å². The molecule has 0 radical (unpaired) electrons. The molecule has 0 aliphatic rings. The van der Waals surface area contributed by atoms with Gasteiger partial charge in [0.1, 0.15) is 5.15 Å². The highest BCUT2D eigenvalue weighted by molar-refractivity contribution is 7.91. The van der Waals surface area contributed by atoms with Gasteiger partial charge in [-0.25, -0.2) is 8.42 Å². The van der Waals surface area contributed by atoms with E-state index in [0.717, 1.165) is 0 Å². The lowest BCUT2D eigenvalue weighted by Crippen LogP contribution is -2.15. The first-order chi connectivity index (χ1) is 7.95. The summed E-state index contributed by atoms with van der Waals surface area (Å²) in [5.41, 5.74) is 0.946. The van der Waals surface area contributed by atoms with Crippen LogP contribution in [0, 0.1) is 0 Å². The van der Waals surface area contributed by atoms with Crippen molar-refractivity contribution >= 4 is 27.7 Å². The Morgan fingerprint density at radius 3 is 2.47 bits per heavy atom. The van der Waals surface area contributed by atoms with Crippen LogP contribution < -0.4 is 0 Å². The third-order valence-corrected chi connectivity index (χ3v) is 4.59. The fraction of sp³-hybridized carbons (Fsp3) is 0.600. The summed E-state index contributed by atoms with van der Waals surface area (Å²) in [6.45, 7) is 3.63. The summed E-state index contributed by atoms with van der Waals surface area (Å²) < 4.78 is 24.1. The van der Waals surface area contributed by atoms with Crippen LogP contribution in [-0.4, -0.2) is 36.0 Å². The van der Waals surface area contributed by atoms with Gasteiger partial charge in [0.15, 0.2) is 16.1 Å². The van der Waals surface area contributed by atoms with Gasteiger partial charge in [-0.15, -0.1) is 0 Å². The predicted molar refractivity (Wildman–Crippen MR) is 66.3 cm³/mol. The fourth-order valence-electron chi connectivity index (χ4n) is 1.40. The molecular weight excluding hydrogens is 264 g/mol. The van der Waals surface area contributed by atoms with Gasteiger partial charge in [0.2, 0.25) is 0 Å². The Morgan fingerprint density at radius 1 is 1.41 bits per heavy atom. The smallest absolute Gasteiger partial charge is 0.155 e. The Morgan fingerprint density at radius 2 is 2.06 bits per heavy atom. The van der Waals surface area contributed by atoms with Gasteiger partial charge < -0.3 is 0 Å². The molecule has 17 heavy (non-hydrogen) atoms. The Labute approximate surface area is 106 Å². The van der Waals surface area contributed by atoms with E-state index in [2.05, 4.69) is 5.10 Å². The van der Waals surface area contributed by atoms with Crippen LogP contribution in [0.4, 0.5) is 0 Å². The maximum atomic E-state index is 11.4. The van der Waals surface area contributed by atoms with Gasteiger partial charge in [0.25, 0.3) is 0 Å². The molecule has 0 spiro atoms. The number of sulfone groups is 1. The molecule has 0 saturated carbocycles. The van der Waals surface area contributed by atoms with E-state index in [1.54, 1.807) is 6.92 Å². The maximum absolute atomic E-state index is 11.4. The molecular formula is C10H15ClN2O3S. The highest BCUT2D eigenvalue weighted by atomic mass is 35.5. The summed E-state index contributed by atoms with van der Waals surface area (Å²) >= 11 is 5.95. The van der Waals surface area contributed by atoms with Crippen molar-refractivity contribution in [2.75, 3.05) is 11.5 Å². The van der Waals surface area contributed by atoms with Crippen LogP contribution in [0.1, 0.15) is 29.9 Å². The second kappa shape index (κ2) is 5.64. The van der Waals surface area contributed by atoms with Crippen molar-refractivity contribution in [1.29, 1.82) is 0 Å². The van der Waals surface area contributed by atoms with Gasteiger partial charge in [-0.1, -0.05) is 25.4 Å². The topological polar surface area (TPSA) is 69.0 Å². The lowest BCUT2D eigenvalue weighted by Gasteiger charge is -2.03. The summed E-state index contributed by atoms with van der Waals surface area (Å²) in [4.78, 5) is 10.8. The molecule has 5 nitrogen and oxygen atoms in total. The summed E-state index contributed by atoms with van der Waals surface area (Å²) in [7, 11) is -3.06. The van der Waals surface area contributed by atoms with Crippen molar-refractivity contribution in [3.8, 4) is 0 Å². The molecule has 0 aliphatic heterocycles. The van der Waals surface area contributed by atoms with Crippen LogP contribution in [0.15, 0.2) is 0 Å². The van der Waals surface area contributed by atoms with Crippen LogP contribution in [0.25, 0.3) is 0 Å². The lowest BCUT2D eigenvalue weighted by molar-refractivity contribution is 0.112. The van der Waals surface area contributed by atoms with Crippen molar-refractivity contribution in [3.05, 3.63) is 16.4 Å². The summed E-state index contributed by atoms with van der Waals surface area (Å²) in [5, 5.41) is 4.34. The zero-order valence-electron chi connectivity index (χ0n) is 9.81.